The predicted molar refractivity (Wildman–Crippen MR) is 76.2 cm³/mol. The Bertz CT molecular complexity index is 462. The second-order valence-corrected chi connectivity index (χ2v) is 5.74. The predicted octanol–water partition coefficient (Wildman–Crippen LogP) is 2.53. The van der Waals surface area contributed by atoms with Crippen molar-refractivity contribution in [1.29, 1.82) is 0 Å². The van der Waals surface area contributed by atoms with Gasteiger partial charge in [0.1, 0.15) is 5.75 Å². The number of hydrogen-bond donors (Lipinski definition) is 2. The van der Waals surface area contributed by atoms with E-state index in [0.717, 1.165) is 23.7 Å². The number of carbonyl (C=O) groups is 1. The summed E-state index contributed by atoms with van der Waals surface area (Å²) in [6, 6.07) is 4.98. The summed E-state index contributed by atoms with van der Waals surface area (Å²) in [4.78, 5) is 14.3. The fraction of sp³-hybridized carbons (Fsp3) is 0.500. The molecular formula is C14H18BrNO3. The average molecular weight is 328 g/mol. The van der Waals surface area contributed by atoms with Gasteiger partial charge in [-0.05, 0) is 43.9 Å². The van der Waals surface area contributed by atoms with Crippen LogP contribution in [-0.4, -0.2) is 40.2 Å². The van der Waals surface area contributed by atoms with Crippen molar-refractivity contribution in [1.82, 2.24) is 4.90 Å². The zero-order valence-corrected chi connectivity index (χ0v) is 12.3. The van der Waals surface area contributed by atoms with Crippen molar-refractivity contribution in [3.63, 3.8) is 0 Å². The Morgan fingerprint density at radius 1 is 1.42 bits per heavy atom. The van der Waals surface area contributed by atoms with E-state index in [1.165, 1.54) is 6.07 Å². The minimum Gasteiger partial charge on any atom is -0.507 e. The van der Waals surface area contributed by atoms with Gasteiger partial charge < -0.3 is 15.1 Å². The van der Waals surface area contributed by atoms with E-state index < -0.39 is 0 Å². The molecule has 2 N–H and O–H groups in total. The van der Waals surface area contributed by atoms with Crippen LogP contribution in [0.4, 0.5) is 0 Å². The lowest BCUT2D eigenvalue weighted by Crippen LogP contribution is -2.44. The molecule has 2 rings (SSSR count). The molecule has 1 saturated heterocycles. The van der Waals surface area contributed by atoms with Crippen LogP contribution < -0.4 is 0 Å². The first-order valence-corrected chi connectivity index (χ1v) is 7.33. The number of benzene rings is 1. The normalized spacial score (nSPS) is 19.5. The molecule has 4 nitrogen and oxygen atoms in total. The van der Waals surface area contributed by atoms with E-state index >= 15 is 0 Å². The lowest BCUT2D eigenvalue weighted by molar-refractivity contribution is 0.0571. The Kier molecular flexibility index (Phi) is 4.82. The number of phenols is 1. The van der Waals surface area contributed by atoms with Crippen molar-refractivity contribution < 1.29 is 15.0 Å². The Hall–Kier alpha value is -1.07. The highest BCUT2D eigenvalue weighted by molar-refractivity contribution is 9.10. The number of carbonyl (C=O) groups excluding carboxylic acids is 1. The summed E-state index contributed by atoms with van der Waals surface area (Å²) in [6.45, 7) is 0.778. The van der Waals surface area contributed by atoms with Crippen LogP contribution in [0.15, 0.2) is 22.7 Å². The summed E-state index contributed by atoms with van der Waals surface area (Å²) in [7, 11) is 0. The number of piperidine rings is 1. The topological polar surface area (TPSA) is 60.8 Å². The number of likely N-dealkylation sites (tertiary alicyclic amines) is 1. The minimum atomic E-state index is -0.150. The number of halogens is 1. The molecule has 0 radical (unpaired) electrons. The van der Waals surface area contributed by atoms with Gasteiger partial charge in [0.2, 0.25) is 0 Å². The molecule has 19 heavy (non-hydrogen) atoms. The zero-order chi connectivity index (χ0) is 13.8. The summed E-state index contributed by atoms with van der Waals surface area (Å²) < 4.78 is 0.743. The summed E-state index contributed by atoms with van der Waals surface area (Å²) >= 11 is 3.26. The molecule has 1 aliphatic heterocycles. The molecular weight excluding hydrogens is 310 g/mol. The van der Waals surface area contributed by atoms with E-state index in [9.17, 15) is 9.90 Å². The molecule has 5 heteroatoms. The number of amides is 1. The summed E-state index contributed by atoms with van der Waals surface area (Å²) in [6.07, 6.45) is 3.58. The van der Waals surface area contributed by atoms with Crippen LogP contribution in [0.25, 0.3) is 0 Å². The molecule has 1 heterocycles. The first kappa shape index (κ1) is 14.3. The van der Waals surface area contributed by atoms with E-state index in [1.54, 1.807) is 17.0 Å². The van der Waals surface area contributed by atoms with Crippen molar-refractivity contribution >= 4 is 21.8 Å². The lowest BCUT2D eigenvalue weighted by atomic mass is 9.98. The van der Waals surface area contributed by atoms with Crippen molar-refractivity contribution in [3.8, 4) is 5.75 Å². The largest absolute Gasteiger partial charge is 0.507 e. The highest BCUT2D eigenvalue weighted by atomic mass is 79.9. The quantitative estimate of drug-likeness (QED) is 0.896. The molecule has 104 valence electrons. The molecule has 0 aromatic heterocycles. The Morgan fingerprint density at radius 2 is 2.21 bits per heavy atom. The number of aromatic hydroxyl groups is 1. The van der Waals surface area contributed by atoms with Crippen LogP contribution in [-0.2, 0) is 0 Å². The van der Waals surface area contributed by atoms with Crippen LogP contribution in [0.1, 0.15) is 36.0 Å². The van der Waals surface area contributed by atoms with E-state index in [0.29, 0.717) is 18.5 Å². The highest BCUT2D eigenvalue weighted by Gasteiger charge is 2.28. The molecule has 0 saturated carbocycles. The number of hydrogen-bond acceptors (Lipinski definition) is 3. The maximum atomic E-state index is 12.5. The van der Waals surface area contributed by atoms with Crippen LogP contribution >= 0.6 is 15.9 Å². The van der Waals surface area contributed by atoms with Crippen molar-refractivity contribution in [2.75, 3.05) is 13.2 Å². The van der Waals surface area contributed by atoms with E-state index in [1.807, 2.05) is 0 Å². The van der Waals surface area contributed by atoms with Gasteiger partial charge in [0.25, 0.3) is 5.91 Å². The van der Waals surface area contributed by atoms with Gasteiger partial charge in [-0.25, -0.2) is 0 Å². The molecule has 1 fully saturated rings. The van der Waals surface area contributed by atoms with Gasteiger partial charge in [-0.15, -0.1) is 0 Å². The van der Waals surface area contributed by atoms with Gasteiger partial charge in [0.05, 0.1) is 5.56 Å². The standard InChI is InChI=1S/C14H18BrNO3/c15-10-4-5-12(13(18)9-10)14(19)16-7-2-1-3-11(16)6-8-17/h4-5,9,11,17-18H,1-3,6-8H2. The van der Waals surface area contributed by atoms with Crippen molar-refractivity contribution in [2.24, 2.45) is 0 Å². The molecule has 0 spiro atoms. The minimum absolute atomic E-state index is 0.00676. The smallest absolute Gasteiger partial charge is 0.257 e. The Morgan fingerprint density at radius 3 is 2.89 bits per heavy atom. The number of phenolic OH excluding ortho intramolecular Hbond substituents is 1. The average Bonchev–Trinajstić information content (AvgIpc) is 2.39. The number of aliphatic hydroxyl groups excluding tert-OH is 1. The first-order chi connectivity index (χ1) is 9.13. The molecule has 1 aromatic carbocycles. The Balaban J connectivity index is 2.21. The van der Waals surface area contributed by atoms with Gasteiger partial charge in [-0.1, -0.05) is 15.9 Å². The fourth-order valence-electron chi connectivity index (χ4n) is 2.56. The van der Waals surface area contributed by atoms with Gasteiger partial charge >= 0.3 is 0 Å². The number of rotatable bonds is 3. The van der Waals surface area contributed by atoms with E-state index in [2.05, 4.69) is 15.9 Å². The summed E-state index contributed by atoms with van der Waals surface area (Å²) in [5.74, 6) is -0.157. The van der Waals surface area contributed by atoms with Crippen molar-refractivity contribution in [3.05, 3.63) is 28.2 Å². The first-order valence-electron chi connectivity index (χ1n) is 6.54. The third-order valence-corrected chi connectivity index (χ3v) is 4.03. The molecule has 1 amide bonds. The van der Waals surface area contributed by atoms with Crippen LogP contribution in [0.2, 0.25) is 0 Å². The second kappa shape index (κ2) is 6.39. The maximum absolute atomic E-state index is 12.5. The molecule has 1 atom stereocenters. The summed E-state index contributed by atoms with van der Waals surface area (Å²) in [5.41, 5.74) is 0.327. The van der Waals surface area contributed by atoms with Crippen molar-refractivity contribution in [2.45, 2.75) is 31.7 Å². The van der Waals surface area contributed by atoms with Crippen LogP contribution in [0.5, 0.6) is 5.75 Å². The molecule has 1 unspecified atom stereocenters. The molecule has 1 aliphatic rings. The Labute approximate surface area is 121 Å². The van der Waals surface area contributed by atoms with Gasteiger partial charge in [0, 0.05) is 23.7 Å². The fourth-order valence-corrected chi connectivity index (χ4v) is 2.91. The summed E-state index contributed by atoms with van der Waals surface area (Å²) in [5, 5.41) is 19.0. The SMILES string of the molecule is O=C(c1ccc(Br)cc1O)N1CCCCC1CCO. The molecule has 1 aromatic rings. The third kappa shape index (κ3) is 3.28. The highest BCUT2D eigenvalue weighted by Crippen LogP contribution is 2.27. The number of aliphatic hydroxyl groups is 1. The maximum Gasteiger partial charge on any atom is 0.257 e. The van der Waals surface area contributed by atoms with E-state index in [4.69, 9.17) is 5.11 Å². The number of nitrogens with zero attached hydrogens (tertiary/aromatic N) is 1. The van der Waals surface area contributed by atoms with Gasteiger partial charge in [0.15, 0.2) is 0 Å². The zero-order valence-electron chi connectivity index (χ0n) is 10.7. The van der Waals surface area contributed by atoms with Crippen LogP contribution in [0.3, 0.4) is 0 Å². The second-order valence-electron chi connectivity index (χ2n) is 4.82. The van der Waals surface area contributed by atoms with Crippen LogP contribution in [0, 0.1) is 0 Å². The third-order valence-electron chi connectivity index (χ3n) is 3.54. The van der Waals surface area contributed by atoms with Gasteiger partial charge in [-0.2, -0.15) is 0 Å². The lowest BCUT2D eigenvalue weighted by Gasteiger charge is -2.35. The molecule has 0 bridgehead atoms. The molecule has 0 aliphatic carbocycles. The van der Waals surface area contributed by atoms with E-state index in [-0.39, 0.29) is 24.3 Å². The monoisotopic (exact) mass is 327 g/mol. The van der Waals surface area contributed by atoms with Gasteiger partial charge in [-0.3, -0.25) is 4.79 Å².